The number of Topliss-reactive ketones (excluding diaryl/α,β-unsaturated/α-hetero) is 1. The molecule has 3 nitrogen and oxygen atoms in total. The van der Waals surface area contributed by atoms with Crippen LogP contribution >= 0.6 is 0 Å². The summed E-state index contributed by atoms with van der Waals surface area (Å²) in [6, 6.07) is 15.9. The number of nitrogens with zero attached hydrogens (tertiary/aromatic N) is 1. The Morgan fingerprint density at radius 1 is 1.12 bits per heavy atom. The van der Waals surface area contributed by atoms with Crippen molar-refractivity contribution in [3.8, 4) is 5.75 Å². The van der Waals surface area contributed by atoms with E-state index in [9.17, 15) is 9.18 Å². The van der Waals surface area contributed by atoms with Crippen LogP contribution < -0.4 is 4.74 Å². The number of benzene rings is 2. The molecule has 0 saturated carbocycles. The lowest BCUT2D eigenvalue weighted by Gasteiger charge is -2.38. The summed E-state index contributed by atoms with van der Waals surface area (Å²) in [6.07, 6.45) is 3.92. The van der Waals surface area contributed by atoms with Gasteiger partial charge in [-0.1, -0.05) is 30.3 Å². The minimum absolute atomic E-state index is 0.0542. The van der Waals surface area contributed by atoms with E-state index in [0.717, 1.165) is 32.2 Å². The number of rotatable bonds is 5. The van der Waals surface area contributed by atoms with Crippen LogP contribution in [0.4, 0.5) is 4.39 Å². The summed E-state index contributed by atoms with van der Waals surface area (Å²) < 4.78 is 19.3. The molecule has 2 atom stereocenters. The second-order valence-electron chi connectivity index (χ2n) is 7.42. The van der Waals surface area contributed by atoms with Crippen molar-refractivity contribution < 1.29 is 13.9 Å². The van der Waals surface area contributed by atoms with Crippen molar-refractivity contribution in [2.45, 2.75) is 44.3 Å². The van der Waals surface area contributed by atoms with E-state index in [4.69, 9.17) is 4.74 Å². The second kappa shape index (κ2) is 7.20. The highest BCUT2D eigenvalue weighted by Crippen LogP contribution is 2.41. The largest absolute Gasteiger partial charge is 0.497 e. The van der Waals surface area contributed by atoms with Gasteiger partial charge in [-0.15, -0.1) is 0 Å². The Morgan fingerprint density at radius 2 is 1.81 bits per heavy atom. The minimum Gasteiger partial charge on any atom is -0.497 e. The van der Waals surface area contributed by atoms with Crippen molar-refractivity contribution >= 4 is 5.78 Å². The number of piperidine rings is 1. The van der Waals surface area contributed by atoms with Crippen LogP contribution in [0.25, 0.3) is 0 Å². The number of halogens is 1. The van der Waals surface area contributed by atoms with Crippen molar-refractivity contribution in [3.05, 3.63) is 65.5 Å². The molecule has 2 aromatic carbocycles. The van der Waals surface area contributed by atoms with Crippen molar-refractivity contribution in [3.63, 3.8) is 0 Å². The van der Waals surface area contributed by atoms with Crippen molar-refractivity contribution in [1.29, 1.82) is 0 Å². The number of ether oxygens (including phenoxy) is 1. The Bertz CT molecular complexity index is 778. The van der Waals surface area contributed by atoms with Crippen LogP contribution in [0.2, 0.25) is 0 Å². The third-order valence-electron chi connectivity index (χ3n) is 5.90. The quantitative estimate of drug-likeness (QED) is 0.743. The monoisotopic (exact) mass is 353 g/mol. The van der Waals surface area contributed by atoms with Gasteiger partial charge in [0.15, 0.2) is 5.78 Å². The molecule has 2 heterocycles. The van der Waals surface area contributed by atoms with E-state index < -0.39 is 5.82 Å². The zero-order valence-electron chi connectivity index (χ0n) is 15.0. The molecule has 2 bridgehead atoms. The van der Waals surface area contributed by atoms with Crippen molar-refractivity contribution in [2.24, 2.45) is 5.92 Å². The first kappa shape index (κ1) is 17.2. The smallest absolute Gasteiger partial charge is 0.169 e. The number of hydrogen-bond donors (Lipinski definition) is 0. The number of fused-ring (bicyclic) bond motifs is 2. The molecule has 2 fully saturated rings. The molecule has 26 heavy (non-hydrogen) atoms. The van der Waals surface area contributed by atoms with Gasteiger partial charge in [0.25, 0.3) is 0 Å². The molecular weight excluding hydrogens is 329 g/mol. The average molecular weight is 353 g/mol. The van der Waals surface area contributed by atoms with Gasteiger partial charge in [-0.05, 0) is 43.4 Å². The summed E-state index contributed by atoms with van der Waals surface area (Å²) in [5.74, 6) is -0.172. The fraction of sp³-hybridized carbons (Fsp3) is 0.409. The summed E-state index contributed by atoms with van der Waals surface area (Å²) in [5, 5.41) is 0. The third-order valence-corrected chi connectivity index (χ3v) is 5.90. The van der Waals surface area contributed by atoms with Crippen LogP contribution in [0.5, 0.6) is 5.75 Å². The molecule has 2 saturated heterocycles. The summed E-state index contributed by atoms with van der Waals surface area (Å²) in [6.45, 7) is 0.938. The van der Waals surface area contributed by atoms with E-state index in [1.807, 2.05) is 6.07 Å². The lowest BCUT2D eigenvalue weighted by molar-refractivity contribution is 0.0674. The Hall–Kier alpha value is -2.20. The molecule has 4 rings (SSSR count). The zero-order valence-corrected chi connectivity index (χ0v) is 15.0. The van der Waals surface area contributed by atoms with Gasteiger partial charge in [-0.2, -0.15) is 0 Å². The van der Waals surface area contributed by atoms with E-state index in [-0.39, 0.29) is 17.3 Å². The molecule has 136 valence electrons. The molecule has 2 aromatic rings. The fourth-order valence-corrected chi connectivity index (χ4v) is 4.58. The van der Waals surface area contributed by atoms with Gasteiger partial charge in [0.05, 0.1) is 12.7 Å². The predicted molar refractivity (Wildman–Crippen MR) is 98.8 cm³/mol. The molecule has 4 heteroatoms. The predicted octanol–water partition coefficient (Wildman–Crippen LogP) is 4.46. The van der Waals surface area contributed by atoms with Gasteiger partial charge < -0.3 is 4.74 Å². The van der Waals surface area contributed by atoms with Crippen LogP contribution in [-0.2, 0) is 6.54 Å². The molecular formula is C22H24FNO2. The summed E-state index contributed by atoms with van der Waals surface area (Å²) in [4.78, 5) is 15.4. The van der Waals surface area contributed by atoms with E-state index in [0.29, 0.717) is 17.8 Å². The highest BCUT2D eigenvalue weighted by atomic mass is 19.1. The lowest BCUT2D eigenvalue weighted by Crippen LogP contribution is -2.44. The fourth-order valence-electron chi connectivity index (χ4n) is 4.58. The van der Waals surface area contributed by atoms with E-state index >= 15 is 0 Å². The number of ketones is 1. The van der Waals surface area contributed by atoms with Gasteiger partial charge in [-0.3, -0.25) is 9.69 Å². The normalized spacial score (nSPS) is 25.2. The highest BCUT2D eigenvalue weighted by molar-refractivity contribution is 5.98. The van der Waals surface area contributed by atoms with Crippen LogP contribution in [0.3, 0.4) is 0 Å². The van der Waals surface area contributed by atoms with Crippen LogP contribution in [0.1, 0.15) is 41.6 Å². The molecule has 2 aliphatic rings. The molecule has 0 radical (unpaired) electrons. The van der Waals surface area contributed by atoms with Gasteiger partial charge >= 0.3 is 0 Å². The molecule has 0 amide bonds. The maximum Gasteiger partial charge on any atom is 0.169 e. The Balaban J connectivity index is 1.47. The Morgan fingerprint density at radius 3 is 2.42 bits per heavy atom. The van der Waals surface area contributed by atoms with Crippen molar-refractivity contribution in [2.75, 3.05) is 7.11 Å². The zero-order chi connectivity index (χ0) is 18.1. The van der Waals surface area contributed by atoms with Gasteiger partial charge in [-0.25, -0.2) is 4.39 Å². The van der Waals surface area contributed by atoms with Gasteiger partial charge in [0, 0.05) is 30.6 Å². The maximum atomic E-state index is 14.3. The number of carbonyl (C=O) groups is 1. The first-order valence-corrected chi connectivity index (χ1v) is 9.33. The van der Waals surface area contributed by atoms with Gasteiger partial charge in [0.2, 0.25) is 0 Å². The molecule has 2 aliphatic heterocycles. The number of carbonyl (C=O) groups excluding carboxylic acids is 1. The van der Waals surface area contributed by atoms with Gasteiger partial charge in [0.1, 0.15) is 11.6 Å². The number of hydrogen-bond acceptors (Lipinski definition) is 3. The standard InChI is InChI=1S/C22H24FNO2/c1-26-19-9-10-20(21(23)13-19)22(25)16-11-17-7-8-18(12-16)24(17)14-15-5-3-2-4-6-15/h2-6,9-10,13,16-18H,7-8,11-12,14H2,1H3. The second-order valence-corrected chi connectivity index (χ2v) is 7.42. The first-order valence-electron chi connectivity index (χ1n) is 9.33. The average Bonchev–Trinajstić information content (AvgIpc) is 2.89. The summed E-state index contributed by atoms with van der Waals surface area (Å²) in [7, 11) is 1.50. The molecule has 0 aliphatic carbocycles. The van der Waals surface area contributed by atoms with E-state index in [1.54, 1.807) is 12.1 Å². The van der Waals surface area contributed by atoms with E-state index in [2.05, 4.69) is 29.2 Å². The highest BCUT2D eigenvalue weighted by Gasteiger charge is 2.43. The SMILES string of the molecule is COc1ccc(C(=O)C2CC3CCC(C2)N3Cc2ccccc2)c(F)c1. The first-order chi connectivity index (χ1) is 12.7. The maximum absolute atomic E-state index is 14.3. The summed E-state index contributed by atoms with van der Waals surface area (Å²) >= 11 is 0. The van der Waals surface area contributed by atoms with Crippen LogP contribution in [0, 0.1) is 11.7 Å². The minimum atomic E-state index is -0.478. The topological polar surface area (TPSA) is 29.5 Å². The van der Waals surface area contributed by atoms with Crippen LogP contribution in [0.15, 0.2) is 48.5 Å². The molecule has 0 N–H and O–H groups in total. The Kier molecular flexibility index (Phi) is 4.77. The van der Waals surface area contributed by atoms with E-state index in [1.165, 1.54) is 18.7 Å². The summed E-state index contributed by atoms with van der Waals surface area (Å²) in [5.41, 5.74) is 1.52. The Labute approximate surface area is 153 Å². The lowest BCUT2D eigenvalue weighted by atomic mass is 9.84. The van der Waals surface area contributed by atoms with Crippen LogP contribution in [-0.4, -0.2) is 29.9 Å². The van der Waals surface area contributed by atoms with Crippen molar-refractivity contribution in [1.82, 2.24) is 4.90 Å². The molecule has 0 spiro atoms. The molecule has 0 aromatic heterocycles. The number of methoxy groups -OCH3 is 1. The molecule has 2 unspecified atom stereocenters. The third kappa shape index (κ3) is 3.26.